The Kier molecular flexibility index (Phi) is 8.00. The van der Waals surface area contributed by atoms with E-state index in [1.807, 2.05) is 71.6 Å². The van der Waals surface area contributed by atoms with Gasteiger partial charge in [-0.05, 0) is 56.0 Å². The summed E-state index contributed by atoms with van der Waals surface area (Å²) in [5, 5.41) is 11.6. The minimum absolute atomic E-state index is 0.0416. The molecule has 1 aliphatic rings. The number of ether oxygens (including phenoxy) is 1. The normalized spacial score (nSPS) is 16.8. The molecule has 1 unspecified atom stereocenters. The van der Waals surface area contributed by atoms with Crippen LogP contribution in [0.2, 0.25) is 0 Å². The molecule has 4 aromatic rings. The van der Waals surface area contributed by atoms with Crippen LogP contribution in [-0.2, 0) is 16.1 Å². The van der Waals surface area contributed by atoms with Gasteiger partial charge in [0.25, 0.3) is 11.7 Å². The average molecular weight is 542 g/mol. The monoisotopic (exact) mass is 541 g/mol. The van der Waals surface area contributed by atoms with Gasteiger partial charge in [0.05, 0.1) is 30.2 Å². The maximum Gasteiger partial charge on any atom is 0.295 e. The number of rotatable bonds is 11. The number of unbranched alkanes of at least 4 members (excludes halogenated alkanes) is 2. The number of carbonyl (C=O) groups is 2. The van der Waals surface area contributed by atoms with E-state index in [9.17, 15) is 14.7 Å². The number of likely N-dealkylation sites (tertiary alicyclic amines) is 1. The molecule has 1 aliphatic heterocycles. The number of imidazole rings is 2. The molecule has 1 aromatic carbocycles. The number of aliphatic hydroxyl groups is 1. The fourth-order valence-electron chi connectivity index (χ4n) is 5.29. The van der Waals surface area contributed by atoms with E-state index in [0.29, 0.717) is 54.5 Å². The lowest BCUT2D eigenvalue weighted by Crippen LogP contribution is -2.31. The van der Waals surface area contributed by atoms with Crippen molar-refractivity contribution in [3.8, 4) is 5.75 Å². The van der Waals surface area contributed by atoms with E-state index < -0.39 is 17.7 Å². The predicted molar refractivity (Wildman–Crippen MR) is 152 cm³/mol. The van der Waals surface area contributed by atoms with Gasteiger partial charge >= 0.3 is 0 Å². The standard InChI is InChI=1S/C31H35N5O4/c1-4-5-6-18-40-24-12-7-11-23(19-24)27-25(28(37)26-22(3)35-15-8-10-21(2)30(35)33-26)29(38)31(39)36(27)16-9-14-34-17-13-32-20-34/h7-8,10-13,15,17,19-20,27,37H,4-6,9,14,16,18H2,1-3H3/b28-25+. The van der Waals surface area contributed by atoms with Crippen molar-refractivity contribution in [2.24, 2.45) is 0 Å². The van der Waals surface area contributed by atoms with E-state index in [2.05, 4.69) is 16.9 Å². The summed E-state index contributed by atoms with van der Waals surface area (Å²) >= 11 is 0. The second-order valence-corrected chi connectivity index (χ2v) is 10.2. The van der Waals surface area contributed by atoms with Crippen molar-refractivity contribution in [2.75, 3.05) is 13.2 Å². The van der Waals surface area contributed by atoms with Crippen LogP contribution in [0, 0.1) is 13.8 Å². The molecule has 40 heavy (non-hydrogen) atoms. The summed E-state index contributed by atoms with van der Waals surface area (Å²) in [7, 11) is 0. The Hall–Kier alpha value is -4.40. The van der Waals surface area contributed by atoms with Crippen LogP contribution in [0.15, 0.2) is 66.9 Å². The number of aromatic nitrogens is 4. The minimum Gasteiger partial charge on any atom is -0.505 e. The van der Waals surface area contributed by atoms with Crippen molar-refractivity contribution in [1.29, 1.82) is 0 Å². The van der Waals surface area contributed by atoms with Crippen molar-refractivity contribution >= 4 is 23.1 Å². The number of fused-ring (bicyclic) bond motifs is 1. The molecule has 208 valence electrons. The van der Waals surface area contributed by atoms with E-state index in [0.717, 1.165) is 24.8 Å². The second-order valence-electron chi connectivity index (χ2n) is 10.2. The largest absolute Gasteiger partial charge is 0.505 e. The molecule has 0 spiro atoms. The molecular formula is C31H35N5O4. The lowest BCUT2D eigenvalue weighted by atomic mass is 9.96. The van der Waals surface area contributed by atoms with Crippen LogP contribution in [0.5, 0.6) is 5.75 Å². The number of hydrogen-bond donors (Lipinski definition) is 1. The van der Waals surface area contributed by atoms with Crippen LogP contribution in [0.4, 0.5) is 0 Å². The summed E-state index contributed by atoms with van der Waals surface area (Å²) in [5.41, 5.74) is 3.36. The van der Waals surface area contributed by atoms with Crippen molar-refractivity contribution in [3.63, 3.8) is 0 Å². The Labute approximate surface area is 233 Å². The Bertz CT molecular complexity index is 1550. The number of hydrogen-bond acceptors (Lipinski definition) is 6. The average Bonchev–Trinajstić information content (AvgIpc) is 3.66. The third kappa shape index (κ3) is 5.23. The lowest BCUT2D eigenvalue weighted by Gasteiger charge is -2.25. The molecule has 3 aromatic heterocycles. The molecule has 1 fully saturated rings. The molecule has 0 radical (unpaired) electrons. The van der Waals surface area contributed by atoms with Crippen LogP contribution in [-0.4, -0.2) is 53.8 Å². The van der Waals surface area contributed by atoms with Crippen molar-refractivity contribution < 1.29 is 19.4 Å². The molecular weight excluding hydrogens is 506 g/mol. The SMILES string of the molecule is CCCCCOc1cccc(C2/C(=C(\O)c3nc4c(C)cccn4c3C)C(=O)C(=O)N2CCCn2ccnc2)c1. The third-order valence-electron chi connectivity index (χ3n) is 7.41. The highest BCUT2D eigenvalue weighted by Gasteiger charge is 2.46. The van der Waals surface area contributed by atoms with Crippen LogP contribution in [0.1, 0.15) is 61.2 Å². The van der Waals surface area contributed by atoms with E-state index in [1.54, 1.807) is 17.4 Å². The van der Waals surface area contributed by atoms with Crippen LogP contribution < -0.4 is 4.74 Å². The number of nitrogens with zero attached hydrogens (tertiary/aromatic N) is 5. The van der Waals surface area contributed by atoms with Gasteiger partial charge in [-0.1, -0.05) is 38.0 Å². The number of aryl methyl sites for hydroxylation is 3. The second kappa shape index (κ2) is 11.8. The highest BCUT2D eigenvalue weighted by Crippen LogP contribution is 2.40. The molecule has 1 saturated heterocycles. The van der Waals surface area contributed by atoms with E-state index in [-0.39, 0.29) is 11.3 Å². The van der Waals surface area contributed by atoms with Gasteiger partial charge in [0.2, 0.25) is 0 Å². The Morgan fingerprint density at radius 3 is 2.65 bits per heavy atom. The molecule has 9 heteroatoms. The molecule has 0 bridgehead atoms. The van der Waals surface area contributed by atoms with Gasteiger partial charge in [0.1, 0.15) is 17.1 Å². The lowest BCUT2D eigenvalue weighted by molar-refractivity contribution is -0.139. The quantitative estimate of drug-likeness (QED) is 0.121. The predicted octanol–water partition coefficient (Wildman–Crippen LogP) is 5.23. The van der Waals surface area contributed by atoms with Crippen molar-refractivity contribution in [1.82, 2.24) is 23.8 Å². The fraction of sp³-hybridized carbons (Fsp3) is 0.355. The molecule has 1 N–H and O–H groups in total. The van der Waals surface area contributed by atoms with Crippen molar-refractivity contribution in [3.05, 3.63) is 89.4 Å². The van der Waals surface area contributed by atoms with E-state index in [4.69, 9.17) is 4.74 Å². The third-order valence-corrected chi connectivity index (χ3v) is 7.41. The van der Waals surface area contributed by atoms with E-state index >= 15 is 0 Å². The van der Waals surface area contributed by atoms with Gasteiger partial charge in [-0.15, -0.1) is 0 Å². The summed E-state index contributed by atoms with van der Waals surface area (Å²) in [4.78, 5) is 37.3. The first kappa shape index (κ1) is 27.2. The number of Topliss-reactive ketones (excluding diaryl/α,β-unsaturated/α-hetero) is 1. The number of pyridine rings is 1. The zero-order valence-corrected chi connectivity index (χ0v) is 23.2. The first-order valence-corrected chi connectivity index (χ1v) is 13.8. The Morgan fingerprint density at radius 1 is 1.05 bits per heavy atom. The smallest absolute Gasteiger partial charge is 0.295 e. The zero-order valence-electron chi connectivity index (χ0n) is 23.2. The molecule has 1 amide bonds. The number of benzene rings is 1. The fourth-order valence-corrected chi connectivity index (χ4v) is 5.29. The Balaban J connectivity index is 1.55. The molecule has 0 saturated carbocycles. The van der Waals surface area contributed by atoms with Gasteiger partial charge in [-0.2, -0.15) is 0 Å². The summed E-state index contributed by atoms with van der Waals surface area (Å²) < 4.78 is 9.80. The number of amides is 1. The van der Waals surface area contributed by atoms with E-state index in [1.165, 1.54) is 0 Å². The summed E-state index contributed by atoms with van der Waals surface area (Å²) in [6, 6.07) is 10.5. The van der Waals surface area contributed by atoms with Crippen LogP contribution >= 0.6 is 0 Å². The van der Waals surface area contributed by atoms with Gasteiger partial charge in [-0.3, -0.25) is 9.59 Å². The first-order valence-electron chi connectivity index (χ1n) is 13.8. The first-order chi connectivity index (χ1) is 19.4. The highest BCUT2D eigenvalue weighted by atomic mass is 16.5. The van der Waals surface area contributed by atoms with Gasteiger partial charge in [0, 0.05) is 31.7 Å². The van der Waals surface area contributed by atoms with Crippen molar-refractivity contribution in [2.45, 2.75) is 59.0 Å². The molecule has 1 atom stereocenters. The topological polar surface area (TPSA) is 102 Å². The maximum absolute atomic E-state index is 13.5. The summed E-state index contributed by atoms with van der Waals surface area (Å²) in [6.07, 6.45) is 10.9. The molecule has 4 heterocycles. The molecule has 5 rings (SSSR count). The summed E-state index contributed by atoms with van der Waals surface area (Å²) in [5.74, 6) is -0.955. The number of carbonyl (C=O) groups excluding carboxylic acids is 2. The van der Waals surface area contributed by atoms with Crippen LogP contribution in [0.3, 0.4) is 0 Å². The number of ketones is 1. The van der Waals surface area contributed by atoms with Crippen LogP contribution in [0.25, 0.3) is 11.4 Å². The maximum atomic E-state index is 13.5. The zero-order chi connectivity index (χ0) is 28.2. The summed E-state index contributed by atoms with van der Waals surface area (Å²) in [6.45, 7) is 7.48. The Morgan fingerprint density at radius 2 is 1.90 bits per heavy atom. The molecule has 0 aliphatic carbocycles. The minimum atomic E-state index is -0.771. The number of aliphatic hydroxyl groups excluding tert-OH is 1. The molecule has 9 nitrogen and oxygen atoms in total. The van der Waals surface area contributed by atoms with Gasteiger partial charge in [-0.25, -0.2) is 9.97 Å². The van der Waals surface area contributed by atoms with Gasteiger partial charge in [0.15, 0.2) is 5.76 Å². The van der Waals surface area contributed by atoms with Gasteiger partial charge < -0.3 is 23.7 Å². The highest BCUT2D eigenvalue weighted by molar-refractivity contribution is 6.46.